The van der Waals surface area contributed by atoms with E-state index in [0.29, 0.717) is 6.73 Å². The van der Waals surface area contributed by atoms with Gasteiger partial charge in [0, 0.05) is 30.1 Å². The first-order chi connectivity index (χ1) is 9.40. The highest BCUT2D eigenvalue weighted by atomic mass is 79.9. The first-order valence-electron chi connectivity index (χ1n) is 6.73. The molecule has 4 nitrogen and oxygen atoms in total. The van der Waals surface area contributed by atoms with Crippen molar-refractivity contribution in [3.63, 3.8) is 0 Å². The van der Waals surface area contributed by atoms with Crippen LogP contribution in [0.1, 0.15) is 5.56 Å². The van der Waals surface area contributed by atoms with Gasteiger partial charge in [-0.2, -0.15) is 5.10 Å². The first-order valence-corrected chi connectivity index (χ1v) is 11.2. The van der Waals surface area contributed by atoms with E-state index in [0.717, 1.165) is 33.6 Å². The molecular weight excluding hydrogens is 336 g/mol. The van der Waals surface area contributed by atoms with Crippen molar-refractivity contribution in [2.24, 2.45) is 0 Å². The molecule has 0 spiro atoms. The number of benzene rings is 1. The predicted molar refractivity (Wildman–Crippen MR) is 87.5 cm³/mol. The maximum absolute atomic E-state index is 9.48. The number of fused-ring (bicyclic) bond motifs is 1. The molecule has 0 radical (unpaired) electrons. The van der Waals surface area contributed by atoms with Gasteiger partial charge in [0.15, 0.2) is 0 Å². The Morgan fingerprint density at radius 3 is 2.75 bits per heavy atom. The Morgan fingerprint density at radius 1 is 1.35 bits per heavy atom. The molecule has 0 aliphatic heterocycles. The van der Waals surface area contributed by atoms with E-state index in [-0.39, 0.29) is 6.61 Å². The third-order valence-corrected chi connectivity index (χ3v) is 5.32. The molecule has 1 heterocycles. The summed E-state index contributed by atoms with van der Waals surface area (Å²) in [6.45, 7) is 8.20. The molecule has 0 aliphatic carbocycles. The van der Waals surface area contributed by atoms with Crippen molar-refractivity contribution >= 4 is 34.9 Å². The highest BCUT2D eigenvalue weighted by Crippen LogP contribution is 2.24. The Balaban J connectivity index is 2.11. The van der Waals surface area contributed by atoms with E-state index in [1.807, 2.05) is 16.8 Å². The van der Waals surface area contributed by atoms with Crippen LogP contribution in [0.15, 0.2) is 22.8 Å². The van der Waals surface area contributed by atoms with Crippen LogP contribution < -0.4 is 0 Å². The van der Waals surface area contributed by atoms with Crippen molar-refractivity contribution in [1.29, 1.82) is 0 Å². The predicted octanol–water partition coefficient (Wildman–Crippen LogP) is 3.60. The number of hydrogen-bond acceptors (Lipinski definition) is 3. The van der Waals surface area contributed by atoms with Gasteiger partial charge in [-0.05, 0) is 18.2 Å². The van der Waals surface area contributed by atoms with Gasteiger partial charge in [0.25, 0.3) is 0 Å². The van der Waals surface area contributed by atoms with Gasteiger partial charge < -0.3 is 9.84 Å². The van der Waals surface area contributed by atoms with Crippen molar-refractivity contribution in [3.8, 4) is 0 Å². The molecule has 0 atom stereocenters. The van der Waals surface area contributed by atoms with Gasteiger partial charge in [0.1, 0.15) is 6.73 Å². The molecule has 110 valence electrons. The first kappa shape index (κ1) is 15.7. The number of aliphatic hydroxyl groups excluding tert-OH is 1. The Hall–Kier alpha value is -0.693. The molecule has 0 unspecified atom stereocenters. The van der Waals surface area contributed by atoms with Gasteiger partial charge in [0.2, 0.25) is 0 Å². The maximum atomic E-state index is 9.48. The van der Waals surface area contributed by atoms with Gasteiger partial charge in [-0.3, -0.25) is 0 Å². The Bertz CT molecular complexity index is 593. The van der Waals surface area contributed by atoms with Crippen molar-refractivity contribution in [2.45, 2.75) is 39.0 Å². The molecule has 1 aromatic heterocycles. The minimum absolute atomic E-state index is 0.00343. The SMILES string of the molecule is C[Si](C)(C)CCOCn1ncc2cc(Br)cc(CO)c21. The fourth-order valence-electron chi connectivity index (χ4n) is 2.03. The summed E-state index contributed by atoms with van der Waals surface area (Å²) in [5.74, 6) is 0. The summed E-state index contributed by atoms with van der Waals surface area (Å²) in [6, 6.07) is 5.06. The average molecular weight is 357 g/mol. The van der Waals surface area contributed by atoms with Gasteiger partial charge in [-0.1, -0.05) is 35.6 Å². The van der Waals surface area contributed by atoms with Crippen LogP contribution in [0.25, 0.3) is 10.9 Å². The number of aliphatic hydroxyl groups is 1. The van der Waals surface area contributed by atoms with Crippen molar-refractivity contribution in [3.05, 3.63) is 28.4 Å². The third-order valence-electron chi connectivity index (χ3n) is 3.16. The number of rotatable bonds is 6. The number of halogens is 1. The zero-order valence-electron chi connectivity index (χ0n) is 12.2. The molecule has 2 rings (SSSR count). The lowest BCUT2D eigenvalue weighted by Crippen LogP contribution is -2.22. The zero-order chi connectivity index (χ0) is 14.8. The highest BCUT2D eigenvalue weighted by molar-refractivity contribution is 9.10. The Kier molecular flexibility index (Phi) is 5.01. The quantitative estimate of drug-likeness (QED) is 0.635. The summed E-state index contributed by atoms with van der Waals surface area (Å²) in [4.78, 5) is 0. The lowest BCUT2D eigenvalue weighted by atomic mass is 10.1. The van der Waals surface area contributed by atoms with E-state index in [1.165, 1.54) is 0 Å². The molecule has 0 saturated heterocycles. The fraction of sp³-hybridized carbons (Fsp3) is 0.500. The lowest BCUT2D eigenvalue weighted by molar-refractivity contribution is 0.0814. The maximum Gasteiger partial charge on any atom is 0.140 e. The molecular formula is C14H21BrN2O2Si. The van der Waals surface area contributed by atoms with E-state index in [1.54, 1.807) is 6.20 Å². The second-order valence-electron chi connectivity index (χ2n) is 6.15. The van der Waals surface area contributed by atoms with Crippen LogP contribution in [0.5, 0.6) is 0 Å². The monoisotopic (exact) mass is 356 g/mol. The van der Waals surface area contributed by atoms with Crippen molar-refractivity contribution < 1.29 is 9.84 Å². The van der Waals surface area contributed by atoms with Crippen LogP contribution in [0.4, 0.5) is 0 Å². The number of hydrogen-bond donors (Lipinski definition) is 1. The molecule has 1 aromatic carbocycles. The van der Waals surface area contributed by atoms with Crippen LogP contribution in [0.2, 0.25) is 25.7 Å². The second-order valence-corrected chi connectivity index (χ2v) is 12.7. The standard InChI is InChI=1S/C14H21BrN2O2Si/c1-20(2,3)5-4-19-10-17-14-11(8-16-17)6-13(15)7-12(14)9-18/h6-8,18H,4-5,9-10H2,1-3H3. The Labute approximate surface area is 128 Å². The minimum Gasteiger partial charge on any atom is -0.392 e. The molecule has 0 fully saturated rings. The minimum atomic E-state index is -1.06. The molecule has 2 aromatic rings. The van der Waals surface area contributed by atoms with Crippen LogP contribution >= 0.6 is 15.9 Å². The van der Waals surface area contributed by atoms with E-state index in [9.17, 15) is 5.11 Å². The zero-order valence-corrected chi connectivity index (χ0v) is 14.8. The van der Waals surface area contributed by atoms with Gasteiger partial charge in [0.05, 0.1) is 18.3 Å². The Morgan fingerprint density at radius 2 is 2.10 bits per heavy atom. The van der Waals surface area contributed by atoms with E-state index in [4.69, 9.17) is 4.74 Å². The molecule has 0 amide bonds. The smallest absolute Gasteiger partial charge is 0.140 e. The molecule has 0 saturated carbocycles. The van der Waals surface area contributed by atoms with E-state index >= 15 is 0 Å². The van der Waals surface area contributed by atoms with Gasteiger partial charge in [-0.15, -0.1) is 0 Å². The van der Waals surface area contributed by atoms with Crippen LogP contribution in [-0.4, -0.2) is 29.6 Å². The second kappa shape index (κ2) is 6.38. The largest absolute Gasteiger partial charge is 0.392 e. The molecule has 1 N–H and O–H groups in total. The average Bonchev–Trinajstić information content (AvgIpc) is 2.75. The van der Waals surface area contributed by atoms with Gasteiger partial charge >= 0.3 is 0 Å². The summed E-state index contributed by atoms with van der Waals surface area (Å²) >= 11 is 3.44. The fourth-order valence-corrected chi connectivity index (χ4v) is 3.31. The van der Waals surface area contributed by atoms with Crippen LogP contribution in [0.3, 0.4) is 0 Å². The summed E-state index contributed by atoms with van der Waals surface area (Å²) < 4.78 is 8.50. The molecule has 0 bridgehead atoms. The van der Waals surface area contributed by atoms with E-state index < -0.39 is 8.07 Å². The topological polar surface area (TPSA) is 47.3 Å². The molecule has 6 heteroatoms. The number of aromatic nitrogens is 2. The van der Waals surface area contributed by atoms with Crippen LogP contribution in [-0.2, 0) is 18.1 Å². The highest BCUT2D eigenvalue weighted by Gasteiger charge is 2.13. The van der Waals surface area contributed by atoms with Crippen molar-refractivity contribution in [2.75, 3.05) is 6.61 Å². The molecule has 0 aliphatic rings. The number of ether oxygens (including phenoxy) is 1. The van der Waals surface area contributed by atoms with E-state index in [2.05, 4.69) is 40.7 Å². The summed E-state index contributed by atoms with van der Waals surface area (Å²) in [6.07, 6.45) is 1.81. The summed E-state index contributed by atoms with van der Waals surface area (Å²) in [7, 11) is -1.06. The van der Waals surface area contributed by atoms with Crippen LogP contribution in [0, 0.1) is 0 Å². The van der Waals surface area contributed by atoms with Gasteiger partial charge in [-0.25, -0.2) is 4.68 Å². The third kappa shape index (κ3) is 3.91. The van der Waals surface area contributed by atoms with Crippen molar-refractivity contribution in [1.82, 2.24) is 9.78 Å². The summed E-state index contributed by atoms with van der Waals surface area (Å²) in [5.41, 5.74) is 1.81. The lowest BCUT2D eigenvalue weighted by Gasteiger charge is -2.15. The normalized spacial score (nSPS) is 12.2. The number of nitrogens with zero attached hydrogens (tertiary/aromatic N) is 2. The summed E-state index contributed by atoms with van der Waals surface area (Å²) in [5, 5.41) is 14.8. The molecule has 20 heavy (non-hydrogen) atoms.